The number of ether oxygens (including phenoxy) is 2. The number of carbonyl (C=O) groups excluding carboxylic acids is 2. The number of fused-ring (bicyclic) bond motifs is 2. The Morgan fingerprint density at radius 3 is 2.63 bits per heavy atom. The van der Waals surface area contributed by atoms with Gasteiger partial charge in [-0.05, 0) is 55.8 Å². The van der Waals surface area contributed by atoms with Crippen LogP contribution >= 0.6 is 0 Å². The first-order valence-electron chi connectivity index (χ1n) is 11.0. The normalized spacial score (nSPS) is 11.8. The molecule has 0 spiro atoms. The Bertz CT molecular complexity index is 1540. The van der Waals surface area contributed by atoms with E-state index in [4.69, 9.17) is 9.47 Å². The van der Waals surface area contributed by atoms with Gasteiger partial charge in [0, 0.05) is 32.0 Å². The van der Waals surface area contributed by atoms with E-state index in [0.717, 1.165) is 12.1 Å². The van der Waals surface area contributed by atoms with E-state index in [1.807, 2.05) is 0 Å². The molecule has 9 nitrogen and oxygen atoms in total. The zero-order valence-electron chi connectivity index (χ0n) is 19.2. The lowest BCUT2D eigenvalue weighted by Crippen LogP contribution is -2.33. The molecule has 0 radical (unpaired) electrons. The molecule has 10 heteroatoms. The molecular weight excluding hydrogens is 455 g/mol. The second-order valence-corrected chi connectivity index (χ2v) is 7.61. The summed E-state index contributed by atoms with van der Waals surface area (Å²) < 4.78 is 26.6. The Balaban J connectivity index is 2.08. The summed E-state index contributed by atoms with van der Waals surface area (Å²) in [6, 6.07) is 11.4. The van der Waals surface area contributed by atoms with E-state index in [-0.39, 0.29) is 46.4 Å². The molecule has 35 heavy (non-hydrogen) atoms. The Labute approximate surface area is 199 Å². The van der Waals surface area contributed by atoms with Crippen LogP contribution in [0.2, 0.25) is 0 Å². The maximum Gasteiger partial charge on any atom is 0.341 e. The molecule has 3 aromatic heterocycles. The number of aromatic nitrogens is 3. The first kappa shape index (κ1) is 24.0. The SMILES string of the molecule is CCOC(=O)c1cc2c(=O)n3ccccc3nc2n(CCCOC)c1=NC(=O)c1ccc(F)cc1. The van der Waals surface area contributed by atoms with Gasteiger partial charge in [-0.1, -0.05) is 6.07 Å². The third-order valence-corrected chi connectivity index (χ3v) is 5.31. The minimum absolute atomic E-state index is 0.00596. The fraction of sp³-hybridized carbons (Fsp3) is 0.240. The van der Waals surface area contributed by atoms with Crippen molar-refractivity contribution in [3.8, 4) is 0 Å². The highest BCUT2D eigenvalue weighted by molar-refractivity contribution is 5.97. The molecule has 0 aliphatic carbocycles. The van der Waals surface area contributed by atoms with Gasteiger partial charge in [-0.2, -0.15) is 4.99 Å². The third kappa shape index (κ3) is 4.87. The number of rotatable bonds is 7. The van der Waals surface area contributed by atoms with Crippen LogP contribution in [-0.2, 0) is 16.0 Å². The number of nitrogens with zero attached hydrogens (tertiary/aromatic N) is 4. The van der Waals surface area contributed by atoms with Crippen molar-refractivity contribution in [1.82, 2.24) is 14.0 Å². The fourth-order valence-corrected chi connectivity index (χ4v) is 3.69. The zero-order valence-corrected chi connectivity index (χ0v) is 19.2. The van der Waals surface area contributed by atoms with Crippen molar-refractivity contribution in [2.75, 3.05) is 20.3 Å². The van der Waals surface area contributed by atoms with Gasteiger partial charge in [0.25, 0.3) is 11.5 Å². The third-order valence-electron chi connectivity index (χ3n) is 5.31. The van der Waals surface area contributed by atoms with Gasteiger partial charge in [-0.15, -0.1) is 0 Å². The van der Waals surface area contributed by atoms with Crippen LogP contribution in [0.5, 0.6) is 0 Å². The number of carbonyl (C=O) groups is 2. The van der Waals surface area contributed by atoms with Crippen LogP contribution in [0.15, 0.2) is 64.5 Å². The average Bonchev–Trinajstić information content (AvgIpc) is 2.86. The van der Waals surface area contributed by atoms with Gasteiger partial charge in [0.1, 0.15) is 22.7 Å². The van der Waals surface area contributed by atoms with Gasteiger partial charge in [0.15, 0.2) is 5.49 Å². The van der Waals surface area contributed by atoms with Crippen LogP contribution in [0.4, 0.5) is 4.39 Å². The summed E-state index contributed by atoms with van der Waals surface area (Å²) in [6.45, 7) is 2.37. The minimum atomic E-state index is -0.738. The Morgan fingerprint density at radius 2 is 1.91 bits per heavy atom. The Hall–Kier alpha value is -4.18. The van der Waals surface area contributed by atoms with Crippen LogP contribution < -0.4 is 11.0 Å². The van der Waals surface area contributed by atoms with Crippen molar-refractivity contribution >= 4 is 28.6 Å². The van der Waals surface area contributed by atoms with Crippen LogP contribution in [-0.4, -0.2) is 46.2 Å². The molecule has 1 aromatic carbocycles. The first-order chi connectivity index (χ1) is 16.9. The maximum atomic E-state index is 13.3. The topological polar surface area (TPSA) is 104 Å². The van der Waals surface area contributed by atoms with Crippen LogP contribution in [0.25, 0.3) is 16.7 Å². The number of hydrogen-bond acceptors (Lipinski definition) is 6. The molecule has 4 rings (SSSR count). The summed E-state index contributed by atoms with van der Waals surface area (Å²) in [5.41, 5.74) is 0.348. The number of halogens is 1. The molecule has 0 saturated heterocycles. The zero-order chi connectivity index (χ0) is 24.9. The summed E-state index contributed by atoms with van der Waals surface area (Å²) in [6.07, 6.45) is 2.07. The monoisotopic (exact) mass is 478 g/mol. The molecule has 180 valence electrons. The van der Waals surface area contributed by atoms with Gasteiger partial charge in [0.05, 0.1) is 12.0 Å². The molecule has 4 aromatic rings. The summed E-state index contributed by atoms with van der Waals surface area (Å²) in [4.78, 5) is 48.0. The number of methoxy groups -OCH3 is 1. The van der Waals surface area contributed by atoms with E-state index >= 15 is 0 Å². The molecule has 0 unspecified atom stereocenters. The van der Waals surface area contributed by atoms with Gasteiger partial charge in [-0.3, -0.25) is 14.0 Å². The number of esters is 1. The van der Waals surface area contributed by atoms with E-state index in [1.54, 1.807) is 43.0 Å². The fourth-order valence-electron chi connectivity index (χ4n) is 3.69. The average molecular weight is 478 g/mol. The Kier molecular flexibility index (Phi) is 7.11. The number of hydrogen-bond donors (Lipinski definition) is 0. The van der Waals surface area contributed by atoms with Crippen LogP contribution in [0.3, 0.4) is 0 Å². The van der Waals surface area contributed by atoms with E-state index in [9.17, 15) is 18.8 Å². The molecule has 0 bridgehead atoms. The van der Waals surface area contributed by atoms with Gasteiger partial charge in [-0.25, -0.2) is 14.2 Å². The summed E-state index contributed by atoms with van der Waals surface area (Å²) in [5, 5.41) is 0.169. The Morgan fingerprint density at radius 1 is 1.14 bits per heavy atom. The quantitative estimate of drug-likeness (QED) is 0.230. The van der Waals surface area contributed by atoms with Crippen molar-refractivity contribution in [1.29, 1.82) is 0 Å². The molecule has 0 saturated carbocycles. The van der Waals surface area contributed by atoms with Crippen LogP contribution in [0.1, 0.15) is 34.1 Å². The molecule has 0 N–H and O–H groups in total. The van der Waals surface area contributed by atoms with E-state index in [1.165, 1.54) is 22.6 Å². The number of aryl methyl sites for hydroxylation is 1. The van der Waals surface area contributed by atoms with Gasteiger partial charge >= 0.3 is 5.97 Å². The maximum absolute atomic E-state index is 13.3. The molecule has 1 amide bonds. The summed E-state index contributed by atoms with van der Waals surface area (Å²) in [7, 11) is 1.55. The van der Waals surface area contributed by atoms with Crippen molar-refractivity contribution in [3.63, 3.8) is 0 Å². The number of benzene rings is 1. The molecule has 0 atom stereocenters. The molecule has 3 heterocycles. The lowest BCUT2D eigenvalue weighted by molar-refractivity contribution is 0.0523. The standard InChI is InChI=1S/C25H23FN4O5/c1-3-35-25(33)19-15-18-21(27-20-7-4-5-12-29(20)24(18)32)30(13-6-14-34-2)22(19)28-23(31)16-8-10-17(26)11-9-16/h4-5,7-12,15H,3,6,13-14H2,1-2H3. The molecular formula is C25H23FN4O5. The predicted octanol–water partition coefficient (Wildman–Crippen LogP) is 2.74. The van der Waals surface area contributed by atoms with E-state index < -0.39 is 17.7 Å². The first-order valence-corrected chi connectivity index (χ1v) is 11.0. The lowest BCUT2D eigenvalue weighted by atomic mass is 10.2. The molecule has 0 aliphatic heterocycles. The smallest absolute Gasteiger partial charge is 0.341 e. The predicted molar refractivity (Wildman–Crippen MR) is 126 cm³/mol. The van der Waals surface area contributed by atoms with Crippen molar-refractivity contribution in [2.45, 2.75) is 19.9 Å². The van der Waals surface area contributed by atoms with Crippen molar-refractivity contribution < 1.29 is 23.5 Å². The second-order valence-electron chi connectivity index (χ2n) is 7.61. The van der Waals surface area contributed by atoms with Crippen molar-refractivity contribution in [2.24, 2.45) is 4.99 Å². The minimum Gasteiger partial charge on any atom is -0.462 e. The molecule has 0 aliphatic rings. The van der Waals surface area contributed by atoms with E-state index in [0.29, 0.717) is 18.7 Å². The molecule has 0 fully saturated rings. The number of amides is 1. The van der Waals surface area contributed by atoms with Gasteiger partial charge in [0.2, 0.25) is 0 Å². The van der Waals surface area contributed by atoms with Crippen LogP contribution in [0, 0.1) is 5.82 Å². The highest BCUT2D eigenvalue weighted by Gasteiger charge is 2.20. The highest BCUT2D eigenvalue weighted by atomic mass is 19.1. The lowest BCUT2D eigenvalue weighted by Gasteiger charge is -2.15. The summed E-state index contributed by atoms with van der Waals surface area (Å²) in [5.74, 6) is -1.92. The highest BCUT2D eigenvalue weighted by Crippen LogP contribution is 2.13. The second kappa shape index (κ2) is 10.4. The van der Waals surface area contributed by atoms with Crippen molar-refractivity contribution in [3.05, 3.63) is 87.5 Å². The van der Waals surface area contributed by atoms with E-state index in [2.05, 4.69) is 9.98 Å². The summed E-state index contributed by atoms with van der Waals surface area (Å²) >= 11 is 0. The van der Waals surface area contributed by atoms with Gasteiger partial charge < -0.3 is 14.0 Å². The number of pyridine rings is 2. The largest absolute Gasteiger partial charge is 0.462 e.